The zero-order chi connectivity index (χ0) is 15.2. The summed E-state index contributed by atoms with van der Waals surface area (Å²) >= 11 is 0. The van der Waals surface area contributed by atoms with Crippen molar-refractivity contribution in [3.8, 4) is 0 Å². The van der Waals surface area contributed by atoms with Crippen LogP contribution in [-0.2, 0) is 9.53 Å². The second-order valence-corrected chi connectivity index (χ2v) is 5.38. The number of benzene rings is 1. The molecule has 0 fully saturated rings. The van der Waals surface area contributed by atoms with Crippen molar-refractivity contribution in [3.63, 3.8) is 0 Å². The van der Waals surface area contributed by atoms with Crippen molar-refractivity contribution in [2.24, 2.45) is 0 Å². The SMILES string of the molecule is CO[C@H]1C=CC[C@H]2c3ccccc3N(C)C(=O)[C@@]12[N+](=O)[O-]. The molecule has 0 bridgehead atoms. The van der Waals surface area contributed by atoms with Gasteiger partial charge in [0.05, 0.1) is 5.92 Å². The van der Waals surface area contributed by atoms with Crippen LogP contribution in [0.4, 0.5) is 5.69 Å². The molecule has 2 aliphatic rings. The van der Waals surface area contributed by atoms with Crippen LogP contribution in [0, 0.1) is 10.1 Å². The Bertz CT molecular complexity index is 642. The minimum absolute atomic E-state index is 0.456. The highest BCUT2D eigenvalue weighted by Gasteiger charge is 2.67. The third-order valence-corrected chi connectivity index (χ3v) is 4.52. The predicted molar refractivity (Wildman–Crippen MR) is 76.9 cm³/mol. The molecule has 21 heavy (non-hydrogen) atoms. The van der Waals surface area contributed by atoms with Gasteiger partial charge in [0.15, 0.2) is 6.10 Å². The average molecular weight is 288 g/mol. The number of hydrogen-bond acceptors (Lipinski definition) is 4. The summed E-state index contributed by atoms with van der Waals surface area (Å²) in [5, 5.41) is 11.9. The number of ether oxygens (including phenoxy) is 1. The molecule has 1 aromatic rings. The maximum Gasteiger partial charge on any atom is 0.334 e. The Hall–Kier alpha value is -2.21. The summed E-state index contributed by atoms with van der Waals surface area (Å²) in [6.45, 7) is 0. The molecule has 6 heteroatoms. The van der Waals surface area contributed by atoms with Crippen LogP contribution < -0.4 is 4.90 Å². The van der Waals surface area contributed by atoms with Gasteiger partial charge in [-0.15, -0.1) is 0 Å². The van der Waals surface area contributed by atoms with Gasteiger partial charge in [0.2, 0.25) is 0 Å². The molecule has 1 amide bonds. The van der Waals surface area contributed by atoms with Crippen molar-refractivity contribution in [3.05, 3.63) is 52.1 Å². The van der Waals surface area contributed by atoms with Gasteiger partial charge in [-0.1, -0.05) is 30.4 Å². The van der Waals surface area contributed by atoms with E-state index in [1.807, 2.05) is 30.3 Å². The summed E-state index contributed by atoms with van der Waals surface area (Å²) in [5.41, 5.74) is -0.232. The maximum atomic E-state index is 12.8. The zero-order valence-electron chi connectivity index (χ0n) is 11.9. The molecule has 1 aliphatic heterocycles. The molecule has 0 spiro atoms. The number of para-hydroxylation sites is 1. The molecule has 6 nitrogen and oxygen atoms in total. The van der Waals surface area contributed by atoms with E-state index in [2.05, 4.69) is 0 Å². The second-order valence-electron chi connectivity index (χ2n) is 5.38. The Kier molecular flexibility index (Phi) is 3.06. The van der Waals surface area contributed by atoms with Crippen molar-refractivity contribution in [1.29, 1.82) is 0 Å². The molecule has 0 saturated carbocycles. The summed E-state index contributed by atoms with van der Waals surface area (Å²) in [5.74, 6) is -1.03. The predicted octanol–water partition coefficient (Wildman–Crippen LogP) is 1.74. The number of nitro groups is 1. The van der Waals surface area contributed by atoms with Gasteiger partial charge in [0, 0.05) is 24.8 Å². The molecule has 0 unspecified atom stereocenters. The van der Waals surface area contributed by atoms with Crippen LogP contribution in [0.15, 0.2) is 36.4 Å². The van der Waals surface area contributed by atoms with Crippen LogP contribution in [0.2, 0.25) is 0 Å². The van der Waals surface area contributed by atoms with Crippen LogP contribution in [0.3, 0.4) is 0 Å². The van der Waals surface area contributed by atoms with Gasteiger partial charge in [0.25, 0.3) is 0 Å². The first-order chi connectivity index (χ1) is 10.0. The lowest BCUT2D eigenvalue weighted by Crippen LogP contribution is -2.66. The zero-order valence-corrected chi connectivity index (χ0v) is 11.9. The average Bonchev–Trinajstić information content (AvgIpc) is 2.51. The topological polar surface area (TPSA) is 72.7 Å². The van der Waals surface area contributed by atoms with E-state index in [9.17, 15) is 14.9 Å². The van der Waals surface area contributed by atoms with E-state index in [1.54, 1.807) is 13.1 Å². The fourth-order valence-corrected chi connectivity index (χ4v) is 3.53. The molecule has 0 radical (unpaired) electrons. The van der Waals surface area contributed by atoms with Gasteiger partial charge in [-0.2, -0.15) is 0 Å². The molecule has 1 heterocycles. The number of nitrogens with zero attached hydrogens (tertiary/aromatic N) is 2. The Balaban J connectivity index is 2.30. The summed E-state index contributed by atoms with van der Waals surface area (Å²) in [7, 11) is 2.98. The molecule has 0 aromatic heterocycles. The number of carbonyl (C=O) groups excluding carboxylic acids is 1. The lowest BCUT2D eigenvalue weighted by molar-refractivity contribution is -0.568. The monoisotopic (exact) mass is 288 g/mol. The third-order valence-electron chi connectivity index (χ3n) is 4.52. The first-order valence-electron chi connectivity index (χ1n) is 6.76. The summed E-state index contributed by atoms with van der Waals surface area (Å²) in [6.07, 6.45) is 3.07. The Labute approximate surface area is 122 Å². The van der Waals surface area contributed by atoms with Crippen LogP contribution in [0.1, 0.15) is 17.9 Å². The standard InChI is InChI=1S/C15H16N2O4/c1-16-12-8-4-3-6-10(12)11-7-5-9-13(21-2)15(11,14(16)18)17(19)20/h3-6,8-9,11,13H,7H2,1-2H3/t11-,13-,15-/m0/s1. The lowest BCUT2D eigenvalue weighted by Gasteiger charge is -2.44. The highest BCUT2D eigenvalue weighted by Crippen LogP contribution is 2.49. The van der Waals surface area contributed by atoms with E-state index in [0.717, 1.165) is 11.3 Å². The highest BCUT2D eigenvalue weighted by molar-refractivity contribution is 6.03. The van der Waals surface area contributed by atoms with Crippen LogP contribution in [-0.4, -0.2) is 36.6 Å². The second kappa shape index (κ2) is 4.66. The first kappa shape index (κ1) is 13.8. The molecular weight excluding hydrogens is 272 g/mol. The molecule has 3 rings (SSSR count). The summed E-state index contributed by atoms with van der Waals surface area (Å²) in [6, 6.07) is 7.34. The fraction of sp³-hybridized carbons (Fsp3) is 0.400. The summed E-state index contributed by atoms with van der Waals surface area (Å²) in [4.78, 5) is 25.6. The van der Waals surface area contributed by atoms with E-state index < -0.39 is 28.4 Å². The van der Waals surface area contributed by atoms with Crippen molar-refractivity contribution in [2.75, 3.05) is 19.1 Å². The maximum absolute atomic E-state index is 12.8. The highest BCUT2D eigenvalue weighted by atomic mass is 16.6. The van der Waals surface area contributed by atoms with Gasteiger partial charge in [-0.3, -0.25) is 14.9 Å². The Morgan fingerprint density at radius 2 is 2.14 bits per heavy atom. The Morgan fingerprint density at radius 1 is 1.43 bits per heavy atom. The molecule has 1 aliphatic carbocycles. The smallest absolute Gasteiger partial charge is 0.334 e. The normalized spacial score (nSPS) is 30.8. The quantitative estimate of drug-likeness (QED) is 0.472. The first-order valence-corrected chi connectivity index (χ1v) is 6.76. The largest absolute Gasteiger partial charge is 0.369 e. The molecule has 0 saturated heterocycles. The van der Waals surface area contributed by atoms with Gasteiger partial charge in [-0.25, -0.2) is 0 Å². The van der Waals surface area contributed by atoms with E-state index in [-0.39, 0.29) is 0 Å². The number of likely N-dealkylation sites (N-methyl/N-ethyl adjacent to an activating group) is 1. The van der Waals surface area contributed by atoms with Crippen molar-refractivity contribution >= 4 is 11.6 Å². The number of fused-ring (bicyclic) bond motifs is 3. The van der Waals surface area contributed by atoms with Crippen LogP contribution in [0.25, 0.3) is 0 Å². The van der Waals surface area contributed by atoms with Gasteiger partial charge < -0.3 is 9.64 Å². The number of carbonyl (C=O) groups is 1. The van der Waals surface area contributed by atoms with Crippen LogP contribution >= 0.6 is 0 Å². The number of methoxy groups -OCH3 is 1. The number of rotatable bonds is 2. The number of amides is 1. The van der Waals surface area contributed by atoms with Crippen molar-refractivity contribution < 1.29 is 14.5 Å². The molecule has 3 atom stereocenters. The van der Waals surface area contributed by atoms with E-state index >= 15 is 0 Å². The van der Waals surface area contributed by atoms with Gasteiger partial charge in [0.1, 0.15) is 0 Å². The number of allylic oxidation sites excluding steroid dienone is 1. The minimum atomic E-state index is -1.79. The van der Waals surface area contributed by atoms with E-state index in [4.69, 9.17) is 4.74 Å². The number of anilines is 1. The van der Waals surface area contributed by atoms with Gasteiger partial charge >= 0.3 is 11.4 Å². The van der Waals surface area contributed by atoms with Crippen molar-refractivity contribution in [1.82, 2.24) is 0 Å². The van der Waals surface area contributed by atoms with Crippen molar-refractivity contribution in [2.45, 2.75) is 24.0 Å². The molecule has 1 aromatic carbocycles. The minimum Gasteiger partial charge on any atom is -0.369 e. The van der Waals surface area contributed by atoms with E-state index in [1.165, 1.54) is 12.0 Å². The molecule has 110 valence electrons. The fourth-order valence-electron chi connectivity index (χ4n) is 3.53. The van der Waals surface area contributed by atoms with E-state index in [0.29, 0.717) is 6.42 Å². The summed E-state index contributed by atoms with van der Waals surface area (Å²) < 4.78 is 5.28. The number of hydrogen-bond donors (Lipinski definition) is 0. The van der Waals surface area contributed by atoms with Gasteiger partial charge in [-0.05, 0) is 18.1 Å². The Morgan fingerprint density at radius 3 is 2.81 bits per heavy atom. The lowest BCUT2D eigenvalue weighted by atomic mass is 9.67. The van der Waals surface area contributed by atoms with Crippen LogP contribution in [0.5, 0.6) is 0 Å². The molecule has 0 N–H and O–H groups in total. The third kappa shape index (κ3) is 1.59. The molecular formula is C15H16N2O4.